The molecule has 3 aromatic carbocycles. The summed E-state index contributed by atoms with van der Waals surface area (Å²) in [5.74, 6) is 6.84. The predicted molar refractivity (Wildman–Crippen MR) is 136 cm³/mol. The third-order valence-electron chi connectivity index (χ3n) is 5.94. The molecule has 0 atom stereocenters. The summed E-state index contributed by atoms with van der Waals surface area (Å²) in [6.45, 7) is 13.1. The molecule has 0 unspecified atom stereocenters. The van der Waals surface area contributed by atoms with E-state index in [0.717, 1.165) is 11.3 Å². The first-order valence-electron chi connectivity index (χ1n) is 11.1. The van der Waals surface area contributed by atoms with E-state index in [4.69, 9.17) is 0 Å². The van der Waals surface area contributed by atoms with Gasteiger partial charge in [0.2, 0.25) is 0 Å². The highest BCUT2D eigenvalue weighted by Crippen LogP contribution is 2.38. The second-order valence-electron chi connectivity index (χ2n) is 8.74. The van der Waals surface area contributed by atoms with Crippen molar-refractivity contribution in [3.63, 3.8) is 0 Å². The number of benzene rings is 3. The Bertz CT molecular complexity index is 1240. The highest BCUT2D eigenvalue weighted by Gasteiger charge is 2.17. The number of hydrogen-bond acceptors (Lipinski definition) is 1. The summed E-state index contributed by atoms with van der Waals surface area (Å²) in [5.41, 5.74) is 14.4. The summed E-state index contributed by atoms with van der Waals surface area (Å²) in [6, 6.07) is 21.5. The molecule has 0 aliphatic rings. The Balaban J connectivity index is 2.05. The Morgan fingerprint density at radius 3 is 1.50 bits per heavy atom. The minimum Gasteiger partial charge on any atom is -0.248 e. The maximum atomic E-state index is 4.42. The zero-order valence-corrected chi connectivity index (χ0v) is 19.8. The monoisotopic (exact) mass is 415 g/mol. The average molecular weight is 416 g/mol. The highest BCUT2D eigenvalue weighted by molar-refractivity contribution is 5.87. The average Bonchev–Trinajstić information content (AvgIpc) is 2.72. The van der Waals surface area contributed by atoms with Crippen LogP contribution >= 0.6 is 0 Å². The number of nitrogens with zero attached hydrogens (tertiary/aromatic N) is 1. The highest BCUT2D eigenvalue weighted by atomic mass is 14.6. The van der Waals surface area contributed by atoms with Gasteiger partial charge in [0.05, 0.1) is 0 Å². The predicted octanol–water partition coefficient (Wildman–Crippen LogP) is 7.67. The SMILES string of the molecule is Cc1cc(C)c(-c2cccc(-c3c(C)cc(C)cc3C)c2C#Cc2ccccn2)c(C)c1. The molecule has 158 valence electrons. The fourth-order valence-corrected chi connectivity index (χ4v) is 4.88. The molecule has 1 heterocycles. The van der Waals surface area contributed by atoms with Gasteiger partial charge in [-0.15, -0.1) is 0 Å². The summed E-state index contributed by atoms with van der Waals surface area (Å²) in [7, 11) is 0. The molecule has 1 heteroatoms. The number of rotatable bonds is 2. The minimum absolute atomic E-state index is 0.781. The van der Waals surface area contributed by atoms with Crippen LogP contribution in [0.2, 0.25) is 0 Å². The van der Waals surface area contributed by atoms with Crippen LogP contribution < -0.4 is 0 Å². The lowest BCUT2D eigenvalue weighted by Gasteiger charge is -2.18. The van der Waals surface area contributed by atoms with E-state index in [0.29, 0.717) is 0 Å². The van der Waals surface area contributed by atoms with Crippen LogP contribution in [0.5, 0.6) is 0 Å². The van der Waals surface area contributed by atoms with Gasteiger partial charge in [-0.3, -0.25) is 0 Å². The second-order valence-corrected chi connectivity index (χ2v) is 8.74. The molecule has 0 fully saturated rings. The Morgan fingerprint density at radius 1 is 0.562 bits per heavy atom. The van der Waals surface area contributed by atoms with Crippen LogP contribution in [0.25, 0.3) is 22.3 Å². The van der Waals surface area contributed by atoms with E-state index >= 15 is 0 Å². The molecule has 4 rings (SSSR count). The number of pyridine rings is 1. The standard InChI is InChI=1S/C31H29N/c1-20-16-22(3)30(23(4)17-20)28-11-9-12-29(31-24(5)18-21(2)19-25(31)6)27(28)14-13-26-10-7-8-15-32-26/h7-12,15-19H,1-6H3. The molecular formula is C31H29N. The maximum absolute atomic E-state index is 4.42. The first kappa shape index (κ1) is 21.6. The number of aryl methyl sites for hydroxylation is 6. The van der Waals surface area contributed by atoms with Gasteiger partial charge in [-0.05, 0) is 104 Å². The van der Waals surface area contributed by atoms with Gasteiger partial charge in [0, 0.05) is 11.8 Å². The molecule has 1 aromatic heterocycles. The van der Waals surface area contributed by atoms with Crippen molar-refractivity contribution < 1.29 is 0 Å². The van der Waals surface area contributed by atoms with Gasteiger partial charge in [0.1, 0.15) is 5.69 Å². The topological polar surface area (TPSA) is 12.9 Å². The minimum atomic E-state index is 0.781. The Morgan fingerprint density at radius 2 is 1.06 bits per heavy atom. The van der Waals surface area contributed by atoms with Gasteiger partial charge in [-0.1, -0.05) is 65.6 Å². The molecule has 0 aliphatic carbocycles. The Labute approximate surface area is 192 Å². The first-order chi connectivity index (χ1) is 15.3. The zero-order chi connectivity index (χ0) is 22.8. The van der Waals surface area contributed by atoms with E-state index in [-0.39, 0.29) is 0 Å². The molecule has 4 aromatic rings. The lowest BCUT2D eigenvalue weighted by molar-refractivity contribution is 1.29. The summed E-state index contributed by atoms with van der Waals surface area (Å²) in [4.78, 5) is 4.42. The molecule has 0 N–H and O–H groups in total. The zero-order valence-electron chi connectivity index (χ0n) is 19.8. The Kier molecular flexibility index (Phi) is 5.97. The van der Waals surface area contributed by atoms with Crippen molar-refractivity contribution in [2.45, 2.75) is 41.5 Å². The smallest absolute Gasteiger partial charge is 0.113 e. The van der Waals surface area contributed by atoms with Gasteiger partial charge in [-0.25, -0.2) is 4.98 Å². The van der Waals surface area contributed by atoms with E-state index < -0.39 is 0 Å². The third kappa shape index (κ3) is 4.23. The van der Waals surface area contributed by atoms with E-state index in [2.05, 4.69) is 101 Å². The molecule has 0 saturated heterocycles. The van der Waals surface area contributed by atoms with Crippen LogP contribution in [0.15, 0.2) is 66.9 Å². The van der Waals surface area contributed by atoms with E-state index in [1.807, 2.05) is 18.2 Å². The molecule has 0 radical (unpaired) electrons. The van der Waals surface area contributed by atoms with Crippen LogP contribution in [-0.4, -0.2) is 4.98 Å². The quantitative estimate of drug-likeness (QED) is 0.306. The van der Waals surface area contributed by atoms with E-state index in [1.165, 1.54) is 55.6 Å². The van der Waals surface area contributed by atoms with E-state index in [9.17, 15) is 0 Å². The Hall–Kier alpha value is -3.63. The molecule has 0 bridgehead atoms. The summed E-state index contributed by atoms with van der Waals surface area (Å²) in [5, 5.41) is 0. The van der Waals surface area contributed by atoms with Crippen molar-refractivity contribution in [3.05, 3.63) is 111 Å². The third-order valence-corrected chi connectivity index (χ3v) is 5.94. The fourth-order valence-electron chi connectivity index (χ4n) is 4.88. The molecule has 0 amide bonds. The molecule has 1 nitrogen and oxygen atoms in total. The molecular weight excluding hydrogens is 386 g/mol. The molecule has 32 heavy (non-hydrogen) atoms. The number of aromatic nitrogens is 1. The fraction of sp³-hybridized carbons (Fsp3) is 0.194. The van der Waals surface area contributed by atoms with Crippen molar-refractivity contribution in [3.8, 4) is 34.1 Å². The lowest BCUT2D eigenvalue weighted by Crippen LogP contribution is -1.98. The number of hydrogen-bond donors (Lipinski definition) is 0. The van der Waals surface area contributed by atoms with Crippen molar-refractivity contribution in [2.75, 3.05) is 0 Å². The van der Waals surface area contributed by atoms with Gasteiger partial charge in [0.15, 0.2) is 0 Å². The van der Waals surface area contributed by atoms with Crippen molar-refractivity contribution in [1.82, 2.24) is 4.98 Å². The van der Waals surface area contributed by atoms with Crippen molar-refractivity contribution in [2.24, 2.45) is 0 Å². The molecule has 0 saturated carbocycles. The van der Waals surface area contributed by atoms with Gasteiger partial charge < -0.3 is 0 Å². The van der Waals surface area contributed by atoms with Gasteiger partial charge in [-0.2, -0.15) is 0 Å². The lowest BCUT2D eigenvalue weighted by atomic mass is 9.85. The molecule has 0 aliphatic heterocycles. The summed E-state index contributed by atoms with van der Waals surface area (Å²) in [6.07, 6.45) is 1.79. The van der Waals surface area contributed by atoms with Crippen molar-refractivity contribution >= 4 is 0 Å². The van der Waals surface area contributed by atoms with Crippen molar-refractivity contribution in [1.29, 1.82) is 0 Å². The first-order valence-corrected chi connectivity index (χ1v) is 11.1. The normalized spacial score (nSPS) is 10.6. The van der Waals surface area contributed by atoms with Gasteiger partial charge in [0.25, 0.3) is 0 Å². The van der Waals surface area contributed by atoms with Crippen LogP contribution in [0.3, 0.4) is 0 Å². The second kappa shape index (κ2) is 8.85. The van der Waals surface area contributed by atoms with Crippen LogP contribution in [0.1, 0.15) is 44.6 Å². The van der Waals surface area contributed by atoms with Crippen LogP contribution in [-0.2, 0) is 0 Å². The maximum Gasteiger partial charge on any atom is 0.113 e. The summed E-state index contributed by atoms with van der Waals surface area (Å²) < 4.78 is 0. The van der Waals surface area contributed by atoms with E-state index in [1.54, 1.807) is 6.20 Å². The van der Waals surface area contributed by atoms with Crippen LogP contribution in [0, 0.1) is 53.4 Å². The van der Waals surface area contributed by atoms with Crippen LogP contribution in [0.4, 0.5) is 0 Å². The van der Waals surface area contributed by atoms with Gasteiger partial charge >= 0.3 is 0 Å². The molecule has 0 spiro atoms. The largest absolute Gasteiger partial charge is 0.248 e. The summed E-state index contributed by atoms with van der Waals surface area (Å²) >= 11 is 0.